The number of carbonyl (C=O) groups excluding carboxylic acids is 1. The van der Waals surface area contributed by atoms with Gasteiger partial charge in [-0.2, -0.15) is 0 Å². The van der Waals surface area contributed by atoms with E-state index in [-0.39, 0.29) is 11.9 Å². The molecule has 3 aromatic rings. The highest BCUT2D eigenvalue weighted by atomic mass is 16.2. The Hall–Kier alpha value is -2.76. The molecular weight excluding hydrogens is 384 g/mol. The molecule has 2 heterocycles. The first-order valence-electron chi connectivity index (χ1n) is 11.4. The zero-order chi connectivity index (χ0) is 21.3. The van der Waals surface area contributed by atoms with Gasteiger partial charge >= 0.3 is 0 Å². The first-order valence-corrected chi connectivity index (χ1v) is 11.4. The SMILES string of the molecule is O=C(NCCc1ccncc1)C(NCCC1CCNCC1)c1cccc2ccccc12. The van der Waals surface area contributed by atoms with Gasteiger partial charge < -0.3 is 16.0 Å². The van der Waals surface area contributed by atoms with E-state index < -0.39 is 0 Å². The number of benzene rings is 2. The van der Waals surface area contributed by atoms with Crippen molar-refractivity contribution < 1.29 is 4.79 Å². The molecule has 31 heavy (non-hydrogen) atoms. The van der Waals surface area contributed by atoms with Crippen molar-refractivity contribution >= 4 is 16.7 Å². The van der Waals surface area contributed by atoms with Gasteiger partial charge in [0.05, 0.1) is 0 Å². The molecule has 1 unspecified atom stereocenters. The zero-order valence-corrected chi connectivity index (χ0v) is 18.0. The van der Waals surface area contributed by atoms with Crippen molar-refractivity contribution in [1.82, 2.24) is 20.9 Å². The van der Waals surface area contributed by atoms with Crippen LogP contribution in [0.4, 0.5) is 0 Å². The lowest BCUT2D eigenvalue weighted by atomic mass is 9.94. The summed E-state index contributed by atoms with van der Waals surface area (Å²) in [4.78, 5) is 17.3. The van der Waals surface area contributed by atoms with Crippen LogP contribution in [0.15, 0.2) is 67.0 Å². The maximum atomic E-state index is 13.3. The van der Waals surface area contributed by atoms with Crippen LogP contribution in [0, 0.1) is 5.92 Å². The topological polar surface area (TPSA) is 66.0 Å². The molecule has 0 saturated carbocycles. The van der Waals surface area contributed by atoms with Gasteiger partial charge in [0.25, 0.3) is 0 Å². The van der Waals surface area contributed by atoms with E-state index in [0.717, 1.165) is 54.7 Å². The number of piperidine rings is 1. The van der Waals surface area contributed by atoms with E-state index in [2.05, 4.69) is 45.2 Å². The van der Waals surface area contributed by atoms with Gasteiger partial charge in [-0.25, -0.2) is 0 Å². The number of fused-ring (bicyclic) bond motifs is 1. The van der Waals surface area contributed by atoms with Crippen LogP contribution in [0.3, 0.4) is 0 Å². The third-order valence-electron chi connectivity index (χ3n) is 6.22. The third-order valence-corrected chi connectivity index (χ3v) is 6.22. The Balaban J connectivity index is 1.45. The second kappa shape index (κ2) is 11.0. The summed E-state index contributed by atoms with van der Waals surface area (Å²) in [6.07, 6.45) is 7.92. The van der Waals surface area contributed by atoms with Crippen LogP contribution in [0.2, 0.25) is 0 Å². The molecule has 162 valence electrons. The van der Waals surface area contributed by atoms with E-state index in [1.807, 2.05) is 30.3 Å². The quantitative estimate of drug-likeness (QED) is 0.499. The number of nitrogens with zero attached hydrogens (tertiary/aromatic N) is 1. The summed E-state index contributed by atoms with van der Waals surface area (Å²) in [5.74, 6) is 0.771. The Bertz CT molecular complexity index is 964. The summed E-state index contributed by atoms with van der Waals surface area (Å²) in [5, 5.41) is 12.5. The molecule has 1 aliphatic rings. The highest BCUT2D eigenvalue weighted by Gasteiger charge is 2.22. The van der Waals surface area contributed by atoms with Gasteiger partial charge in [-0.15, -0.1) is 0 Å². The lowest BCUT2D eigenvalue weighted by Crippen LogP contribution is -2.39. The molecule has 4 rings (SSSR count). The molecule has 5 nitrogen and oxygen atoms in total. The number of aromatic nitrogens is 1. The van der Waals surface area contributed by atoms with Gasteiger partial charge in [0.15, 0.2) is 0 Å². The van der Waals surface area contributed by atoms with Crippen molar-refractivity contribution in [1.29, 1.82) is 0 Å². The standard InChI is InChI=1S/C26H32N4O/c31-26(30-19-13-21-10-16-28-17-11-21)25(29-18-12-20-8-14-27-15-9-20)24-7-3-5-22-4-1-2-6-23(22)24/h1-7,10-11,16-17,20,25,27,29H,8-9,12-15,18-19H2,(H,30,31). The maximum Gasteiger partial charge on any atom is 0.241 e. The normalized spacial score (nSPS) is 15.6. The molecule has 0 radical (unpaired) electrons. The number of carbonyl (C=O) groups is 1. The molecule has 5 heteroatoms. The third kappa shape index (κ3) is 5.90. The summed E-state index contributed by atoms with van der Waals surface area (Å²) < 4.78 is 0. The van der Waals surface area contributed by atoms with Crippen LogP contribution in [-0.2, 0) is 11.2 Å². The average Bonchev–Trinajstić information content (AvgIpc) is 2.83. The molecule has 1 fully saturated rings. The van der Waals surface area contributed by atoms with Crippen molar-refractivity contribution in [3.8, 4) is 0 Å². The molecule has 1 amide bonds. The molecule has 0 bridgehead atoms. The van der Waals surface area contributed by atoms with Gasteiger partial charge in [0.1, 0.15) is 6.04 Å². The minimum absolute atomic E-state index is 0.0377. The van der Waals surface area contributed by atoms with E-state index in [1.165, 1.54) is 18.4 Å². The van der Waals surface area contributed by atoms with Gasteiger partial charge in [-0.1, -0.05) is 42.5 Å². The predicted molar refractivity (Wildman–Crippen MR) is 126 cm³/mol. The Labute approximate surface area is 184 Å². The fraction of sp³-hybridized carbons (Fsp3) is 0.385. The van der Waals surface area contributed by atoms with Crippen molar-refractivity contribution in [3.05, 3.63) is 78.1 Å². The fourth-order valence-corrected chi connectivity index (χ4v) is 4.43. The molecule has 1 atom stereocenters. The van der Waals surface area contributed by atoms with Gasteiger partial charge in [-0.05, 0) is 85.3 Å². The van der Waals surface area contributed by atoms with E-state index >= 15 is 0 Å². The van der Waals surface area contributed by atoms with E-state index in [4.69, 9.17) is 0 Å². The van der Waals surface area contributed by atoms with Gasteiger partial charge in [0, 0.05) is 18.9 Å². The summed E-state index contributed by atoms with van der Waals surface area (Å²) >= 11 is 0. The summed E-state index contributed by atoms with van der Waals surface area (Å²) in [6.45, 7) is 3.66. The van der Waals surface area contributed by atoms with Crippen LogP contribution in [-0.4, -0.2) is 37.1 Å². The number of hydrogen-bond donors (Lipinski definition) is 3. The highest BCUT2D eigenvalue weighted by Crippen LogP contribution is 2.25. The molecular formula is C26H32N4O. The van der Waals surface area contributed by atoms with Crippen LogP contribution in [0.5, 0.6) is 0 Å². The Kier molecular flexibility index (Phi) is 7.64. The average molecular weight is 417 g/mol. The maximum absolute atomic E-state index is 13.3. The van der Waals surface area contributed by atoms with Crippen molar-refractivity contribution in [3.63, 3.8) is 0 Å². The van der Waals surface area contributed by atoms with Crippen LogP contribution < -0.4 is 16.0 Å². The van der Waals surface area contributed by atoms with Gasteiger partial charge in [-0.3, -0.25) is 9.78 Å². The van der Waals surface area contributed by atoms with Crippen LogP contribution in [0.25, 0.3) is 10.8 Å². The highest BCUT2D eigenvalue weighted by molar-refractivity contribution is 5.92. The van der Waals surface area contributed by atoms with Crippen LogP contribution >= 0.6 is 0 Å². The van der Waals surface area contributed by atoms with Crippen molar-refractivity contribution in [2.24, 2.45) is 5.92 Å². The Morgan fingerprint density at radius 2 is 1.77 bits per heavy atom. The number of hydrogen-bond acceptors (Lipinski definition) is 4. The number of pyridine rings is 1. The van der Waals surface area contributed by atoms with Gasteiger partial charge in [0.2, 0.25) is 5.91 Å². The number of rotatable bonds is 9. The second-order valence-electron chi connectivity index (χ2n) is 8.33. The second-order valence-corrected chi connectivity index (χ2v) is 8.33. The van der Waals surface area contributed by atoms with E-state index in [9.17, 15) is 4.79 Å². The minimum Gasteiger partial charge on any atom is -0.354 e. The molecule has 3 N–H and O–H groups in total. The van der Waals surface area contributed by atoms with E-state index in [0.29, 0.717) is 6.54 Å². The molecule has 1 aromatic heterocycles. The lowest BCUT2D eigenvalue weighted by Gasteiger charge is -2.25. The van der Waals surface area contributed by atoms with Crippen LogP contribution in [0.1, 0.15) is 36.4 Å². The van der Waals surface area contributed by atoms with E-state index in [1.54, 1.807) is 12.4 Å². The predicted octanol–water partition coefficient (Wildman–Crippen LogP) is 3.61. The summed E-state index contributed by atoms with van der Waals surface area (Å²) in [7, 11) is 0. The lowest BCUT2D eigenvalue weighted by molar-refractivity contribution is -0.123. The number of amides is 1. The largest absolute Gasteiger partial charge is 0.354 e. The summed E-state index contributed by atoms with van der Waals surface area (Å²) in [6, 6.07) is 18.1. The fourth-order valence-electron chi connectivity index (χ4n) is 4.43. The first kappa shape index (κ1) is 21.5. The molecule has 1 aliphatic heterocycles. The molecule has 2 aromatic carbocycles. The number of nitrogens with one attached hydrogen (secondary N) is 3. The molecule has 0 aliphatic carbocycles. The smallest absolute Gasteiger partial charge is 0.241 e. The van der Waals surface area contributed by atoms with Crippen molar-refractivity contribution in [2.45, 2.75) is 31.7 Å². The molecule has 0 spiro atoms. The Morgan fingerprint density at radius 3 is 2.61 bits per heavy atom. The minimum atomic E-state index is -0.356. The monoisotopic (exact) mass is 416 g/mol. The molecule has 1 saturated heterocycles. The summed E-state index contributed by atoms with van der Waals surface area (Å²) in [5.41, 5.74) is 2.22. The zero-order valence-electron chi connectivity index (χ0n) is 18.0. The van der Waals surface area contributed by atoms with Crippen molar-refractivity contribution in [2.75, 3.05) is 26.2 Å². The Morgan fingerprint density at radius 1 is 1.00 bits per heavy atom. The first-order chi connectivity index (χ1) is 15.3.